The molecule has 2 heterocycles. The first kappa shape index (κ1) is 24.5. The normalized spacial score (nSPS) is 14.8. The van der Waals surface area contributed by atoms with Crippen molar-refractivity contribution in [2.45, 2.75) is 12.5 Å². The lowest BCUT2D eigenvalue weighted by Gasteiger charge is -2.37. The first-order valence-electron chi connectivity index (χ1n) is 11.2. The average Bonchev–Trinajstić information content (AvgIpc) is 3.31. The topological polar surface area (TPSA) is 91.1 Å². The number of oxazole rings is 1. The number of fused-ring (bicyclic) bond motifs is 2. The zero-order valence-electron chi connectivity index (χ0n) is 19.4. The molecule has 11 heteroatoms. The Labute approximate surface area is 214 Å². The van der Waals surface area contributed by atoms with Crippen molar-refractivity contribution in [3.63, 3.8) is 0 Å². The minimum atomic E-state index is -1.01. The number of carbonyl (C=O) groups excluding carboxylic acids is 2. The number of carbonyl (C=O) groups is 2. The molecule has 0 saturated carbocycles. The van der Waals surface area contributed by atoms with E-state index >= 15 is 0 Å². The molecule has 0 fully saturated rings. The van der Waals surface area contributed by atoms with Gasteiger partial charge >= 0.3 is 18.1 Å². The molecule has 1 aliphatic rings. The summed E-state index contributed by atoms with van der Waals surface area (Å²) in [5.41, 5.74) is 1.67. The largest absolute Gasteiger partial charge is 0.482 e. The molecule has 0 bridgehead atoms. The van der Waals surface area contributed by atoms with Crippen molar-refractivity contribution in [3.8, 4) is 11.8 Å². The number of hydrogen-bond donors (Lipinski definition) is 0. The number of methoxy groups -OCH3 is 1. The highest BCUT2D eigenvalue weighted by Crippen LogP contribution is 2.42. The van der Waals surface area contributed by atoms with E-state index in [4.69, 9.17) is 25.5 Å². The quantitative estimate of drug-likeness (QED) is 0.318. The molecule has 1 aromatic heterocycles. The van der Waals surface area contributed by atoms with Crippen molar-refractivity contribution in [2.75, 3.05) is 20.3 Å². The van der Waals surface area contributed by atoms with Crippen molar-refractivity contribution in [3.05, 3.63) is 87.9 Å². The molecular formula is C26H19ClF2N2O6. The van der Waals surface area contributed by atoms with E-state index in [0.717, 1.165) is 6.07 Å². The van der Waals surface area contributed by atoms with Crippen LogP contribution in [-0.2, 0) is 16.0 Å². The number of nitrogens with zero attached hydrogens (tertiary/aromatic N) is 2. The second-order valence-electron chi connectivity index (χ2n) is 8.14. The van der Waals surface area contributed by atoms with Gasteiger partial charge in [-0.05, 0) is 53.9 Å². The molecule has 0 unspecified atom stereocenters. The standard InChI is InChI=1S/C26H19ClF2N2O6/c1-34-22(32)13-35-20-9-6-14(27)12-17(20)24-16-7-8-18(28)23(29)15(16)10-11-31(24)26(33)37-25-30-19-4-2-3-5-21(19)36-25/h2-9,12,24H,10-11,13H2,1H3/t24-/m0/s1. The Bertz CT molecular complexity index is 1470. The smallest absolute Gasteiger partial charge is 0.419 e. The number of amides is 1. The Kier molecular flexibility index (Phi) is 6.66. The van der Waals surface area contributed by atoms with Gasteiger partial charge in [0.15, 0.2) is 23.8 Å². The molecule has 1 atom stereocenters. The molecule has 1 amide bonds. The van der Waals surface area contributed by atoms with Crippen LogP contribution in [0.3, 0.4) is 0 Å². The molecule has 0 aliphatic carbocycles. The summed E-state index contributed by atoms with van der Waals surface area (Å²) >= 11 is 6.27. The summed E-state index contributed by atoms with van der Waals surface area (Å²) in [5, 5.41) is 0.294. The van der Waals surface area contributed by atoms with Gasteiger partial charge in [0, 0.05) is 17.1 Å². The van der Waals surface area contributed by atoms with Crippen LogP contribution in [0.25, 0.3) is 11.1 Å². The third-order valence-corrected chi connectivity index (χ3v) is 6.20. The lowest BCUT2D eigenvalue weighted by molar-refractivity contribution is -0.142. The summed E-state index contributed by atoms with van der Waals surface area (Å²) in [5.74, 6) is -2.45. The number of esters is 1. The molecule has 0 N–H and O–H groups in total. The van der Waals surface area contributed by atoms with Crippen molar-refractivity contribution >= 4 is 34.8 Å². The minimum absolute atomic E-state index is 0.0248. The monoisotopic (exact) mass is 528 g/mol. The van der Waals surface area contributed by atoms with Gasteiger partial charge in [-0.3, -0.25) is 4.90 Å². The number of aromatic nitrogens is 1. The highest BCUT2D eigenvalue weighted by atomic mass is 35.5. The van der Waals surface area contributed by atoms with E-state index in [9.17, 15) is 18.4 Å². The van der Waals surface area contributed by atoms with Gasteiger partial charge < -0.3 is 18.6 Å². The van der Waals surface area contributed by atoms with Crippen LogP contribution in [-0.4, -0.2) is 42.2 Å². The highest BCUT2D eigenvalue weighted by Gasteiger charge is 2.37. The van der Waals surface area contributed by atoms with Crippen molar-refractivity contribution < 1.29 is 37.0 Å². The van der Waals surface area contributed by atoms with E-state index in [1.807, 2.05) is 0 Å². The fraction of sp³-hybridized carbons (Fsp3) is 0.192. The van der Waals surface area contributed by atoms with Gasteiger partial charge in [-0.2, -0.15) is 4.98 Å². The van der Waals surface area contributed by atoms with Crippen LogP contribution in [0.2, 0.25) is 5.02 Å². The number of benzene rings is 3. The lowest BCUT2D eigenvalue weighted by atomic mass is 9.87. The predicted octanol–water partition coefficient (Wildman–Crippen LogP) is 5.46. The van der Waals surface area contributed by atoms with Crippen LogP contribution < -0.4 is 9.47 Å². The van der Waals surface area contributed by atoms with Crippen LogP contribution in [0.15, 0.2) is 59.0 Å². The zero-order valence-corrected chi connectivity index (χ0v) is 20.1. The van der Waals surface area contributed by atoms with Gasteiger partial charge in [-0.25, -0.2) is 18.4 Å². The van der Waals surface area contributed by atoms with Crippen molar-refractivity contribution in [1.29, 1.82) is 0 Å². The van der Waals surface area contributed by atoms with Crippen LogP contribution in [0.1, 0.15) is 22.7 Å². The Morgan fingerprint density at radius 1 is 1.14 bits per heavy atom. The van der Waals surface area contributed by atoms with E-state index < -0.39 is 36.3 Å². The number of rotatable bonds is 5. The molecule has 0 saturated heterocycles. The summed E-state index contributed by atoms with van der Waals surface area (Å²) in [7, 11) is 1.22. The number of ether oxygens (including phenoxy) is 3. The maximum absolute atomic E-state index is 14.8. The molecule has 37 heavy (non-hydrogen) atoms. The third kappa shape index (κ3) is 4.79. The summed E-state index contributed by atoms with van der Waals surface area (Å²) in [6.45, 7) is -0.449. The van der Waals surface area contributed by atoms with E-state index in [-0.39, 0.29) is 30.4 Å². The number of para-hydroxylation sites is 2. The van der Waals surface area contributed by atoms with E-state index in [0.29, 0.717) is 27.2 Å². The molecule has 190 valence electrons. The number of halogens is 3. The Morgan fingerprint density at radius 3 is 2.73 bits per heavy atom. The van der Waals surface area contributed by atoms with Crippen LogP contribution >= 0.6 is 11.6 Å². The average molecular weight is 529 g/mol. The molecule has 8 nitrogen and oxygen atoms in total. The SMILES string of the molecule is COC(=O)COc1ccc(Cl)cc1[C@@H]1c2ccc(F)c(F)c2CCN1C(=O)Oc1nc2ccccc2o1. The Morgan fingerprint density at radius 2 is 1.95 bits per heavy atom. The first-order chi connectivity index (χ1) is 17.9. The van der Waals surface area contributed by atoms with Crippen LogP contribution in [0.4, 0.5) is 13.6 Å². The molecule has 4 aromatic rings. The van der Waals surface area contributed by atoms with Gasteiger partial charge in [0.05, 0.1) is 13.2 Å². The predicted molar refractivity (Wildman–Crippen MR) is 128 cm³/mol. The zero-order chi connectivity index (χ0) is 26.1. The van der Waals surface area contributed by atoms with E-state index in [1.165, 1.54) is 36.3 Å². The number of hydrogen-bond acceptors (Lipinski definition) is 7. The molecule has 1 aliphatic heterocycles. The maximum atomic E-state index is 14.8. The van der Waals surface area contributed by atoms with Gasteiger partial charge in [-0.1, -0.05) is 29.8 Å². The van der Waals surface area contributed by atoms with Crippen LogP contribution in [0, 0.1) is 11.6 Å². The van der Waals surface area contributed by atoms with Crippen LogP contribution in [0.5, 0.6) is 11.8 Å². The fourth-order valence-electron chi connectivity index (χ4n) is 4.27. The second kappa shape index (κ2) is 10.1. The second-order valence-corrected chi connectivity index (χ2v) is 8.57. The summed E-state index contributed by atoms with van der Waals surface area (Å²) in [6.07, 6.45) is -1.09. The third-order valence-electron chi connectivity index (χ3n) is 5.96. The van der Waals surface area contributed by atoms with Crippen molar-refractivity contribution in [2.24, 2.45) is 0 Å². The maximum Gasteiger partial charge on any atom is 0.419 e. The van der Waals surface area contributed by atoms with Crippen molar-refractivity contribution in [1.82, 2.24) is 9.88 Å². The van der Waals surface area contributed by atoms with Gasteiger partial charge in [0.2, 0.25) is 0 Å². The van der Waals surface area contributed by atoms with Gasteiger partial charge in [0.1, 0.15) is 11.3 Å². The summed E-state index contributed by atoms with van der Waals surface area (Å²) < 4.78 is 50.1. The molecule has 0 radical (unpaired) electrons. The summed E-state index contributed by atoms with van der Waals surface area (Å²) in [6, 6.07) is 12.8. The molecule has 5 rings (SSSR count). The van der Waals surface area contributed by atoms with Gasteiger partial charge in [-0.15, -0.1) is 0 Å². The Balaban J connectivity index is 1.57. The molecule has 0 spiro atoms. The minimum Gasteiger partial charge on any atom is -0.482 e. The lowest BCUT2D eigenvalue weighted by Crippen LogP contribution is -2.42. The first-order valence-corrected chi connectivity index (χ1v) is 11.5. The fourth-order valence-corrected chi connectivity index (χ4v) is 4.45. The highest BCUT2D eigenvalue weighted by molar-refractivity contribution is 6.30. The molecular weight excluding hydrogens is 510 g/mol. The van der Waals surface area contributed by atoms with E-state index in [2.05, 4.69) is 9.72 Å². The van der Waals surface area contributed by atoms with E-state index in [1.54, 1.807) is 24.3 Å². The summed E-state index contributed by atoms with van der Waals surface area (Å²) in [4.78, 5) is 30.6. The molecule has 3 aromatic carbocycles. The van der Waals surface area contributed by atoms with Gasteiger partial charge in [0.25, 0.3) is 0 Å². The Hall–Kier alpha value is -4.18.